The summed E-state index contributed by atoms with van der Waals surface area (Å²) in [6.07, 6.45) is 0.142. The van der Waals surface area contributed by atoms with Crippen molar-refractivity contribution >= 4 is 11.9 Å². The molecule has 0 fully saturated rings. The Hall–Kier alpha value is -2.28. The van der Waals surface area contributed by atoms with Crippen LogP contribution in [-0.2, 0) is 20.7 Å². The van der Waals surface area contributed by atoms with Gasteiger partial charge in [-0.2, -0.15) is 0 Å². The number of carbonyl (C=O) groups is 2. The summed E-state index contributed by atoms with van der Waals surface area (Å²) < 4.78 is 4.67. The van der Waals surface area contributed by atoms with E-state index in [1.807, 2.05) is 0 Å². The van der Waals surface area contributed by atoms with Gasteiger partial charge in [0.1, 0.15) is 6.04 Å². The van der Waals surface area contributed by atoms with Crippen LogP contribution in [0.5, 0.6) is 11.5 Å². The SMILES string of the molecule is CNC(C)C(=O)N[C@@H](Cc1ccc(O)c(O)c1)C(=O)OC. The number of methoxy groups -OCH3 is 1. The molecule has 1 aromatic carbocycles. The van der Waals surface area contributed by atoms with Gasteiger partial charge in [-0.1, -0.05) is 6.07 Å². The van der Waals surface area contributed by atoms with E-state index in [2.05, 4.69) is 15.4 Å². The number of phenolic OH excluding ortho intramolecular Hbond substituents is 2. The maximum absolute atomic E-state index is 11.8. The highest BCUT2D eigenvalue weighted by atomic mass is 16.5. The molecule has 0 aromatic heterocycles. The molecule has 7 heteroatoms. The molecular formula is C14H20N2O5. The Bertz CT molecular complexity index is 518. The highest BCUT2D eigenvalue weighted by Crippen LogP contribution is 2.25. The van der Waals surface area contributed by atoms with Crippen LogP contribution >= 0.6 is 0 Å². The van der Waals surface area contributed by atoms with Gasteiger partial charge in [0, 0.05) is 6.42 Å². The summed E-state index contributed by atoms with van der Waals surface area (Å²) in [5, 5.41) is 24.1. The van der Waals surface area contributed by atoms with Crippen LogP contribution in [0.1, 0.15) is 12.5 Å². The summed E-state index contributed by atoms with van der Waals surface area (Å²) in [6, 6.07) is 2.88. The van der Waals surface area contributed by atoms with E-state index < -0.39 is 18.1 Å². The molecule has 0 heterocycles. The predicted molar refractivity (Wildman–Crippen MR) is 75.9 cm³/mol. The van der Waals surface area contributed by atoms with E-state index in [1.54, 1.807) is 20.0 Å². The van der Waals surface area contributed by atoms with Crippen LogP contribution in [0, 0.1) is 0 Å². The van der Waals surface area contributed by atoms with E-state index in [0.29, 0.717) is 5.56 Å². The lowest BCUT2D eigenvalue weighted by molar-refractivity contribution is -0.145. The number of carbonyl (C=O) groups excluding carboxylic acids is 2. The molecule has 21 heavy (non-hydrogen) atoms. The minimum Gasteiger partial charge on any atom is -0.504 e. The van der Waals surface area contributed by atoms with Crippen LogP contribution < -0.4 is 10.6 Å². The van der Waals surface area contributed by atoms with E-state index in [-0.39, 0.29) is 23.8 Å². The molecule has 1 amide bonds. The maximum atomic E-state index is 11.8. The van der Waals surface area contributed by atoms with Gasteiger partial charge in [-0.25, -0.2) is 4.79 Å². The van der Waals surface area contributed by atoms with Crippen molar-refractivity contribution in [3.8, 4) is 11.5 Å². The number of nitrogens with one attached hydrogen (secondary N) is 2. The Kier molecular flexibility index (Phi) is 5.98. The molecule has 0 aliphatic carbocycles. The molecule has 0 aliphatic heterocycles. The average molecular weight is 296 g/mol. The second-order valence-corrected chi connectivity index (χ2v) is 4.62. The third kappa shape index (κ3) is 4.64. The molecule has 0 saturated heterocycles. The molecule has 116 valence electrons. The van der Waals surface area contributed by atoms with E-state index in [1.165, 1.54) is 19.2 Å². The van der Waals surface area contributed by atoms with Gasteiger partial charge in [-0.05, 0) is 31.7 Å². The van der Waals surface area contributed by atoms with Crippen LogP contribution in [0.3, 0.4) is 0 Å². The summed E-state index contributed by atoms with van der Waals surface area (Å²) in [5.74, 6) is -1.46. The Balaban J connectivity index is 2.85. The molecule has 4 N–H and O–H groups in total. The number of benzene rings is 1. The molecule has 1 rings (SSSR count). The largest absolute Gasteiger partial charge is 0.504 e. The lowest BCUT2D eigenvalue weighted by atomic mass is 10.0. The van der Waals surface area contributed by atoms with Crippen molar-refractivity contribution in [3.05, 3.63) is 23.8 Å². The summed E-state index contributed by atoms with van der Waals surface area (Å²) in [7, 11) is 2.87. The summed E-state index contributed by atoms with van der Waals surface area (Å²) in [4.78, 5) is 23.6. The quantitative estimate of drug-likeness (QED) is 0.431. The Morgan fingerprint density at radius 3 is 2.48 bits per heavy atom. The van der Waals surface area contributed by atoms with Gasteiger partial charge < -0.3 is 25.6 Å². The highest BCUT2D eigenvalue weighted by molar-refractivity contribution is 5.87. The summed E-state index contributed by atoms with van der Waals surface area (Å²) in [5.41, 5.74) is 0.582. The zero-order valence-electron chi connectivity index (χ0n) is 12.2. The summed E-state index contributed by atoms with van der Waals surface area (Å²) in [6.45, 7) is 1.66. The molecule has 1 unspecified atom stereocenters. The van der Waals surface area contributed by atoms with E-state index >= 15 is 0 Å². The van der Waals surface area contributed by atoms with E-state index in [9.17, 15) is 19.8 Å². The smallest absolute Gasteiger partial charge is 0.328 e. The van der Waals surface area contributed by atoms with Gasteiger partial charge in [0.15, 0.2) is 11.5 Å². The number of likely N-dealkylation sites (N-methyl/N-ethyl adjacent to an activating group) is 1. The Labute approximate surface area is 122 Å². The fraction of sp³-hybridized carbons (Fsp3) is 0.429. The second kappa shape index (κ2) is 7.49. The highest BCUT2D eigenvalue weighted by Gasteiger charge is 2.24. The van der Waals surface area contributed by atoms with Gasteiger partial charge >= 0.3 is 5.97 Å². The maximum Gasteiger partial charge on any atom is 0.328 e. The number of rotatable bonds is 6. The first-order valence-corrected chi connectivity index (χ1v) is 6.45. The van der Waals surface area contributed by atoms with Crippen LogP contribution in [-0.4, -0.2) is 48.3 Å². The molecule has 0 bridgehead atoms. The van der Waals surface area contributed by atoms with Gasteiger partial charge in [0.25, 0.3) is 0 Å². The normalized spacial score (nSPS) is 13.3. The Morgan fingerprint density at radius 1 is 1.29 bits per heavy atom. The molecule has 0 saturated carbocycles. The molecule has 0 spiro atoms. The van der Waals surface area contributed by atoms with Crippen LogP contribution in [0.25, 0.3) is 0 Å². The first-order chi connectivity index (χ1) is 9.88. The predicted octanol–water partition coefficient (Wildman–Crippen LogP) is -0.0940. The minimum atomic E-state index is -0.873. The van der Waals surface area contributed by atoms with Crippen molar-refractivity contribution in [1.29, 1.82) is 0 Å². The fourth-order valence-corrected chi connectivity index (χ4v) is 1.70. The van der Waals surface area contributed by atoms with Gasteiger partial charge in [-0.3, -0.25) is 4.79 Å². The zero-order chi connectivity index (χ0) is 16.0. The molecule has 0 radical (unpaired) electrons. The monoisotopic (exact) mass is 296 g/mol. The van der Waals surface area contributed by atoms with Gasteiger partial charge in [0.05, 0.1) is 13.2 Å². The van der Waals surface area contributed by atoms with Crippen molar-refractivity contribution in [3.63, 3.8) is 0 Å². The number of hydrogen-bond donors (Lipinski definition) is 4. The Morgan fingerprint density at radius 2 is 1.95 bits per heavy atom. The van der Waals surface area contributed by atoms with Crippen molar-refractivity contribution in [2.24, 2.45) is 0 Å². The lowest BCUT2D eigenvalue weighted by Gasteiger charge is -2.19. The number of hydrogen-bond acceptors (Lipinski definition) is 6. The van der Waals surface area contributed by atoms with Crippen LogP contribution in [0.2, 0.25) is 0 Å². The third-order valence-corrected chi connectivity index (χ3v) is 3.11. The van der Waals surface area contributed by atoms with Crippen molar-refractivity contribution in [2.45, 2.75) is 25.4 Å². The van der Waals surface area contributed by atoms with Crippen molar-refractivity contribution in [2.75, 3.05) is 14.2 Å². The molecule has 2 atom stereocenters. The number of aromatic hydroxyl groups is 2. The lowest BCUT2D eigenvalue weighted by Crippen LogP contribution is -2.49. The molecule has 0 aliphatic rings. The summed E-state index contributed by atoms with van der Waals surface area (Å²) >= 11 is 0. The molecule has 1 aromatic rings. The average Bonchev–Trinajstić information content (AvgIpc) is 2.48. The number of phenols is 2. The standard InChI is InChI=1S/C14H20N2O5/c1-8(15-2)13(19)16-10(14(20)21-3)6-9-4-5-11(17)12(18)7-9/h4-5,7-8,10,15,17-18H,6H2,1-3H3,(H,16,19)/t8?,10-/m0/s1. The van der Waals surface area contributed by atoms with Crippen molar-refractivity contribution in [1.82, 2.24) is 10.6 Å². The van der Waals surface area contributed by atoms with E-state index in [4.69, 9.17) is 0 Å². The topological polar surface area (TPSA) is 108 Å². The number of amides is 1. The molecule has 7 nitrogen and oxygen atoms in total. The fourth-order valence-electron chi connectivity index (χ4n) is 1.70. The van der Waals surface area contributed by atoms with Gasteiger partial charge in [0.2, 0.25) is 5.91 Å². The first kappa shape index (κ1) is 16.8. The zero-order valence-corrected chi connectivity index (χ0v) is 12.2. The first-order valence-electron chi connectivity index (χ1n) is 6.45. The van der Waals surface area contributed by atoms with Crippen LogP contribution in [0.4, 0.5) is 0 Å². The minimum absolute atomic E-state index is 0.142. The third-order valence-electron chi connectivity index (χ3n) is 3.11. The van der Waals surface area contributed by atoms with Gasteiger partial charge in [-0.15, -0.1) is 0 Å². The van der Waals surface area contributed by atoms with E-state index in [0.717, 1.165) is 0 Å². The molecular weight excluding hydrogens is 276 g/mol. The van der Waals surface area contributed by atoms with Crippen molar-refractivity contribution < 1.29 is 24.5 Å². The number of esters is 1. The second-order valence-electron chi connectivity index (χ2n) is 4.62. The number of ether oxygens (including phenoxy) is 1. The van der Waals surface area contributed by atoms with Crippen LogP contribution in [0.15, 0.2) is 18.2 Å².